The third kappa shape index (κ3) is 5.46. The van der Waals surface area contributed by atoms with Gasteiger partial charge in [-0.1, -0.05) is 15.9 Å². The SMILES string of the molecule is CC(C)N(C)CCCCNc1cc(Br)ccc1[N+](=O)[O-]. The predicted molar refractivity (Wildman–Crippen MR) is 86.3 cm³/mol. The molecule has 6 heteroatoms. The molecule has 0 fully saturated rings. The number of nitro benzene ring substituents is 1. The van der Waals surface area contributed by atoms with Gasteiger partial charge in [0.05, 0.1) is 4.92 Å². The molecule has 20 heavy (non-hydrogen) atoms. The Morgan fingerprint density at radius 1 is 1.40 bits per heavy atom. The molecular weight excluding hydrogens is 322 g/mol. The molecule has 112 valence electrons. The largest absolute Gasteiger partial charge is 0.379 e. The second-order valence-electron chi connectivity index (χ2n) is 5.13. The van der Waals surface area contributed by atoms with Gasteiger partial charge in [-0.15, -0.1) is 0 Å². The molecule has 0 bridgehead atoms. The Bertz CT molecular complexity index is 452. The van der Waals surface area contributed by atoms with Crippen LogP contribution in [-0.4, -0.2) is 36.0 Å². The van der Waals surface area contributed by atoms with E-state index in [0.29, 0.717) is 11.7 Å². The minimum atomic E-state index is -0.360. The van der Waals surface area contributed by atoms with E-state index >= 15 is 0 Å². The number of anilines is 1. The van der Waals surface area contributed by atoms with Crippen LogP contribution in [0.5, 0.6) is 0 Å². The van der Waals surface area contributed by atoms with E-state index in [1.54, 1.807) is 12.1 Å². The van der Waals surface area contributed by atoms with Gasteiger partial charge in [-0.2, -0.15) is 0 Å². The minimum absolute atomic E-state index is 0.118. The van der Waals surface area contributed by atoms with Crippen molar-refractivity contribution in [1.29, 1.82) is 0 Å². The molecule has 1 rings (SSSR count). The molecule has 0 saturated carbocycles. The average Bonchev–Trinajstić information content (AvgIpc) is 2.37. The standard InChI is InChI=1S/C14H22BrN3O2/c1-11(2)17(3)9-5-4-8-16-13-10-12(15)6-7-14(13)18(19)20/h6-7,10-11,16H,4-5,8-9H2,1-3H3. The highest BCUT2D eigenvalue weighted by Crippen LogP contribution is 2.27. The lowest BCUT2D eigenvalue weighted by Crippen LogP contribution is -2.27. The summed E-state index contributed by atoms with van der Waals surface area (Å²) in [5.74, 6) is 0. The summed E-state index contributed by atoms with van der Waals surface area (Å²) >= 11 is 3.33. The van der Waals surface area contributed by atoms with Crippen LogP contribution in [0.4, 0.5) is 11.4 Å². The number of benzene rings is 1. The van der Waals surface area contributed by atoms with Crippen LogP contribution in [0.3, 0.4) is 0 Å². The summed E-state index contributed by atoms with van der Waals surface area (Å²) in [5, 5.41) is 14.1. The molecular formula is C14H22BrN3O2. The zero-order valence-corrected chi connectivity index (χ0v) is 13.8. The van der Waals surface area contributed by atoms with Gasteiger partial charge in [0, 0.05) is 23.1 Å². The number of hydrogen-bond donors (Lipinski definition) is 1. The quantitative estimate of drug-likeness (QED) is 0.442. The molecule has 0 aliphatic heterocycles. The molecule has 0 spiro atoms. The number of nitrogens with one attached hydrogen (secondary N) is 1. The first-order valence-corrected chi connectivity index (χ1v) is 7.59. The van der Waals surface area contributed by atoms with Crippen LogP contribution in [0, 0.1) is 10.1 Å². The molecule has 0 aromatic heterocycles. The number of nitrogens with zero attached hydrogens (tertiary/aromatic N) is 2. The van der Waals surface area contributed by atoms with Crippen molar-refractivity contribution in [3.63, 3.8) is 0 Å². The summed E-state index contributed by atoms with van der Waals surface area (Å²) < 4.78 is 0.838. The molecule has 5 nitrogen and oxygen atoms in total. The highest BCUT2D eigenvalue weighted by Gasteiger charge is 2.13. The number of halogens is 1. The van der Waals surface area contributed by atoms with Crippen LogP contribution < -0.4 is 5.32 Å². The van der Waals surface area contributed by atoms with E-state index in [9.17, 15) is 10.1 Å². The van der Waals surface area contributed by atoms with Crippen LogP contribution in [0.2, 0.25) is 0 Å². The van der Waals surface area contributed by atoms with Gasteiger partial charge in [-0.05, 0) is 52.4 Å². The average molecular weight is 344 g/mol. The summed E-state index contributed by atoms with van der Waals surface area (Å²) in [7, 11) is 2.11. The van der Waals surface area contributed by atoms with Gasteiger partial charge in [0.1, 0.15) is 5.69 Å². The summed E-state index contributed by atoms with van der Waals surface area (Å²) in [6.45, 7) is 6.12. The van der Waals surface area contributed by atoms with Gasteiger partial charge in [0.2, 0.25) is 0 Å². The predicted octanol–water partition coefficient (Wildman–Crippen LogP) is 3.89. The Labute approximate surface area is 128 Å². The Balaban J connectivity index is 2.42. The van der Waals surface area contributed by atoms with E-state index in [1.165, 1.54) is 6.07 Å². The van der Waals surface area contributed by atoms with Crippen LogP contribution in [0.25, 0.3) is 0 Å². The Kier molecular flexibility index (Phi) is 6.95. The Morgan fingerprint density at radius 3 is 2.70 bits per heavy atom. The maximum Gasteiger partial charge on any atom is 0.292 e. The van der Waals surface area contributed by atoms with Gasteiger partial charge < -0.3 is 10.2 Å². The van der Waals surface area contributed by atoms with E-state index in [0.717, 1.165) is 30.4 Å². The molecule has 0 radical (unpaired) electrons. The fourth-order valence-electron chi connectivity index (χ4n) is 1.78. The molecule has 0 aliphatic carbocycles. The normalized spacial score (nSPS) is 11.1. The molecule has 0 atom stereocenters. The number of nitro groups is 1. The second-order valence-corrected chi connectivity index (χ2v) is 6.04. The topological polar surface area (TPSA) is 58.4 Å². The first-order chi connectivity index (χ1) is 9.41. The van der Waals surface area contributed by atoms with E-state index in [2.05, 4.69) is 47.0 Å². The molecule has 1 aromatic rings. The summed E-state index contributed by atoms with van der Waals surface area (Å²) in [4.78, 5) is 12.9. The van der Waals surface area contributed by atoms with Gasteiger partial charge in [0.25, 0.3) is 5.69 Å². The minimum Gasteiger partial charge on any atom is -0.379 e. The molecule has 1 aromatic carbocycles. The number of unbranched alkanes of at least 4 members (excludes halogenated alkanes) is 1. The van der Waals surface area contributed by atoms with E-state index in [4.69, 9.17) is 0 Å². The first kappa shape index (κ1) is 16.9. The highest BCUT2D eigenvalue weighted by molar-refractivity contribution is 9.10. The van der Waals surface area contributed by atoms with E-state index in [1.807, 2.05) is 0 Å². The van der Waals surface area contributed by atoms with Crippen molar-refractivity contribution in [2.24, 2.45) is 0 Å². The monoisotopic (exact) mass is 343 g/mol. The van der Waals surface area contributed by atoms with Crippen LogP contribution in [0.1, 0.15) is 26.7 Å². The smallest absolute Gasteiger partial charge is 0.292 e. The number of hydrogen-bond acceptors (Lipinski definition) is 4. The molecule has 0 heterocycles. The lowest BCUT2D eigenvalue weighted by molar-refractivity contribution is -0.384. The van der Waals surface area contributed by atoms with Gasteiger partial charge in [0.15, 0.2) is 0 Å². The Morgan fingerprint density at radius 2 is 2.10 bits per heavy atom. The van der Waals surface area contributed by atoms with Gasteiger partial charge in [-0.3, -0.25) is 10.1 Å². The zero-order chi connectivity index (χ0) is 15.1. The molecule has 0 saturated heterocycles. The molecule has 1 N–H and O–H groups in total. The van der Waals surface area contributed by atoms with Crippen LogP contribution in [0.15, 0.2) is 22.7 Å². The maximum atomic E-state index is 10.9. The van der Waals surface area contributed by atoms with Crippen molar-refractivity contribution < 1.29 is 4.92 Å². The van der Waals surface area contributed by atoms with Gasteiger partial charge in [-0.25, -0.2) is 0 Å². The molecule has 0 aliphatic rings. The van der Waals surface area contributed by atoms with Crippen molar-refractivity contribution in [2.45, 2.75) is 32.7 Å². The zero-order valence-electron chi connectivity index (χ0n) is 12.2. The van der Waals surface area contributed by atoms with Crippen LogP contribution in [-0.2, 0) is 0 Å². The van der Waals surface area contributed by atoms with Crippen molar-refractivity contribution in [2.75, 3.05) is 25.5 Å². The lowest BCUT2D eigenvalue weighted by Gasteiger charge is -2.20. The van der Waals surface area contributed by atoms with E-state index < -0.39 is 0 Å². The summed E-state index contributed by atoms with van der Waals surface area (Å²) in [5.41, 5.74) is 0.689. The highest BCUT2D eigenvalue weighted by atomic mass is 79.9. The summed E-state index contributed by atoms with van der Waals surface area (Å²) in [6.07, 6.45) is 2.06. The first-order valence-electron chi connectivity index (χ1n) is 6.80. The maximum absolute atomic E-state index is 10.9. The lowest BCUT2D eigenvalue weighted by atomic mass is 10.2. The van der Waals surface area contributed by atoms with Gasteiger partial charge >= 0.3 is 0 Å². The molecule has 0 unspecified atom stereocenters. The van der Waals surface area contributed by atoms with Crippen molar-refractivity contribution in [3.8, 4) is 0 Å². The summed E-state index contributed by atoms with van der Waals surface area (Å²) in [6, 6.07) is 5.49. The van der Waals surface area contributed by atoms with Crippen molar-refractivity contribution in [1.82, 2.24) is 4.90 Å². The number of rotatable bonds is 8. The third-order valence-electron chi connectivity index (χ3n) is 3.29. The molecule has 0 amide bonds. The Hall–Kier alpha value is -1.14. The third-order valence-corrected chi connectivity index (χ3v) is 3.78. The fraction of sp³-hybridized carbons (Fsp3) is 0.571. The van der Waals surface area contributed by atoms with Crippen molar-refractivity contribution in [3.05, 3.63) is 32.8 Å². The second kappa shape index (κ2) is 8.21. The van der Waals surface area contributed by atoms with E-state index in [-0.39, 0.29) is 10.6 Å². The van der Waals surface area contributed by atoms with Crippen molar-refractivity contribution >= 4 is 27.3 Å². The van der Waals surface area contributed by atoms with Crippen LogP contribution >= 0.6 is 15.9 Å². The fourth-order valence-corrected chi connectivity index (χ4v) is 2.14.